The van der Waals surface area contributed by atoms with Crippen molar-refractivity contribution in [3.8, 4) is 0 Å². The Hall–Kier alpha value is 0.0569. The summed E-state index contributed by atoms with van der Waals surface area (Å²) in [5.74, 6) is 0. The van der Waals surface area contributed by atoms with E-state index in [1.165, 1.54) is 0 Å². The minimum absolute atomic E-state index is 0.257. The fourth-order valence-electron chi connectivity index (χ4n) is 1.29. The fourth-order valence-corrected chi connectivity index (χ4v) is 2.61. The van der Waals surface area contributed by atoms with Crippen molar-refractivity contribution in [2.45, 2.75) is 31.1 Å². The first-order valence-electron chi connectivity index (χ1n) is 4.61. The van der Waals surface area contributed by atoms with Gasteiger partial charge in [0, 0.05) is 20.6 Å². The van der Waals surface area contributed by atoms with Crippen LogP contribution in [0.3, 0.4) is 0 Å². The zero-order chi connectivity index (χ0) is 9.68. The minimum atomic E-state index is -1.47. The van der Waals surface area contributed by atoms with Crippen LogP contribution in [-0.4, -0.2) is 47.4 Å². The van der Waals surface area contributed by atoms with E-state index < -0.39 is 9.28 Å². The van der Waals surface area contributed by atoms with E-state index in [1.807, 2.05) is 0 Å². The Bertz CT molecular complexity index is 136. The first-order valence-corrected chi connectivity index (χ1v) is 6.37. The quantitative estimate of drug-likeness (QED) is 0.472. The molecule has 0 spiro atoms. The van der Waals surface area contributed by atoms with Crippen LogP contribution in [0, 0.1) is 0 Å². The average Bonchev–Trinajstić information content (AvgIpc) is 2.90. The van der Waals surface area contributed by atoms with E-state index in [1.54, 1.807) is 14.2 Å². The SMILES string of the molecule is CO[SiH](CCC(O)CC1CO1)OC. The Kier molecular flexibility index (Phi) is 4.90. The van der Waals surface area contributed by atoms with E-state index >= 15 is 0 Å². The molecule has 1 aliphatic rings. The highest BCUT2D eigenvalue weighted by Gasteiger charge is 2.26. The van der Waals surface area contributed by atoms with Crippen molar-refractivity contribution < 1.29 is 18.7 Å². The molecule has 1 heterocycles. The molecular weight excluding hydrogens is 188 g/mol. The maximum absolute atomic E-state index is 9.53. The molecule has 0 radical (unpaired) electrons. The zero-order valence-electron chi connectivity index (χ0n) is 8.23. The Morgan fingerprint density at radius 3 is 2.62 bits per heavy atom. The summed E-state index contributed by atoms with van der Waals surface area (Å²) in [5.41, 5.74) is 0. The molecule has 1 N–H and O–H groups in total. The topological polar surface area (TPSA) is 51.2 Å². The highest BCUT2D eigenvalue weighted by molar-refractivity contribution is 6.44. The van der Waals surface area contributed by atoms with Crippen LogP contribution in [0.25, 0.3) is 0 Å². The monoisotopic (exact) mass is 206 g/mol. The van der Waals surface area contributed by atoms with Crippen molar-refractivity contribution in [1.82, 2.24) is 0 Å². The standard InChI is InChI=1S/C8H18O4Si/c1-10-13(11-2)4-3-7(9)5-8-6-12-8/h7-9,13H,3-6H2,1-2H3. The van der Waals surface area contributed by atoms with Crippen LogP contribution < -0.4 is 0 Å². The van der Waals surface area contributed by atoms with Crippen molar-refractivity contribution >= 4 is 9.28 Å². The van der Waals surface area contributed by atoms with Crippen molar-refractivity contribution in [3.63, 3.8) is 0 Å². The molecule has 2 atom stereocenters. The highest BCUT2D eigenvalue weighted by Crippen LogP contribution is 2.18. The molecule has 1 saturated heterocycles. The van der Waals surface area contributed by atoms with E-state index in [9.17, 15) is 5.11 Å². The van der Waals surface area contributed by atoms with Gasteiger partial charge >= 0.3 is 9.28 Å². The summed E-state index contributed by atoms with van der Waals surface area (Å²) >= 11 is 0. The van der Waals surface area contributed by atoms with E-state index in [4.69, 9.17) is 13.6 Å². The number of ether oxygens (including phenoxy) is 1. The number of hydrogen-bond donors (Lipinski definition) is 1. The third-order valence-electron chi connectivity index (χ3n) is 2.20. The van der Waals surface area contributed by atoms with Gasteiger partial charge in [0.25, 0.3) is 0 Å². The third kappa shape index (κ3) is 4.73. The molecule has 1 rings (SSSR count). The van der Waals surface area contributed by atoms with Crippen molar-refractivity contribution in [3.05, 3.63) is 0 Å². The summed E-state index contributed by atoms with van der Waals surface area (Å²) in [7, 11) is 1.85. The molecule has 13 heavy (non-hydrogen) atoms. The van der Waals surface area contributed by atoms with Crippen molar-refractivity contribution in [2.75, 3.05) is 20.8 Å². The van der Waals surface area contributed by atoms with Gasteiger partial charge in [-0.1, -0.05) is 0 Å². The summed E-state index contributed by atoms with van der Waals surface area (Å²) in [6, 6.07) is 0.862. The van der Waals surface area contributed by atoms with E-state index in [-0.39, 0.29) is 6.10 Å². The molecule has 78 valence electrons. The average molecular weight is 206 g/mol. The summed E-state index contributed by atoms with van der Waals surface area (Å²) in [4.78, 5) is 0. The number of aliphatic hydroxyl groups excluding tert-OH is 1. The number of epoxide rings is 1. The number of hydrogen-bond acceptors (Lipinski definition) is 4. The largest absolute Gasteiger partial charge is 0.400 e. The van der Waals surface area contributed by atoms with Crippen molar-refractivity contribution in [1.29, 1.82) is 0 Å². The number of rotatable bonds is 7. The van der Waals surface area contributed by atoms with Gasteiger partial charge in [-0.05, 0) is 12.5 Å². The van der Waals surface area contributed by atoms with Crippen LogP contribution in [-0.2, 0) is 13.6 Å². The van der Waals surface area contributed by atoms with Gasteiger partial charge in [0.2, 0.25) is 0 Å². The van der Waals surface area contributed by atoms with E-state index in [2.05, 4.69) is 0 Å². The summed E-state index contributed by atoms with van der Waals surface area (Å²) in [5, 5.41) is 9.53. The van der Waals surface area contributed by atoms with Gasteiger partial charge in [0.1, 0.15) is 0 Å². The maximum atomic E-state index is 9.53. The van der Waals surface area contributed by atoms with Crippen LogP contribution in [0.2, 0.25) is 6.04 Å². The Labute approximate surface area is 80.6 Å². The lowest BCUT2D eigenvalue weighted by atomic mass is 10.2. The summed E-state index contributed by atoms with van der Waals surface area (Å²) in [6.07, 6.45) is 1.57. The normalized spacial score (nSPS) is 23.5. The lowest BCUT2D eigenvalue weighted by Gasteiger charge is -2.13. The van der Waals surface area contributed by atoms with Gasteiger partial charge < -0.3 is 18.7 Å². The predicted octanol–water partition coefficient (Wildman–Crippen LogP) is 0.0396. The molecule has 4 nitrogen and oxygen atoms in total. The van der Waals surface area contributed by atoms with Crippen LogP contribution in [0.5, 0.6) is 0 Å². The van der Waals surface area contributed by atoms with Gasteiger partial charge in [-0.25, -0.2) is 0 Å². The first kappa shape index (κ1) is 11.1. The lowest BCUT2D eigenvalue weighted by Crippen LogP contribution is -2.21. The van der Waals surface area contributed by atoms with Crippen LogP contribution >= 0.6 is 0 Å². The second-order valence-corrected chi connectivity index (χ2v) is 5.70. The Balaban J connectivity index is 2.01. The van der Waals surface area contributed by atoms with Gasteiger partial charge in [-0.2, -0.15) is 0 Å². The van der Waals surface area contributed by atoms with Gasteiger partial charge in [-0.15, -0.1) is 0 Å². The molecule has 0 aliphatic carbocycles. The van der Waals surface area contributed by atoms with Gasteiger partial charge in [0.05, 0.1) is 18.8 Å². The zero-order valence-corrected chi connectivity index (χ0v) is 9.39. The smallest absolute Gasteiger partial charge is 0.320 e. The predicted molar refractivity (Wildman–Crippen MR) is 51.0 cm³/mol. The van der Waals surface area contributed by atoms with Crippen molar-refractivity contribution in [2.24, 2.45) is 0 Å². The summed E-state index contributed by atoms with van der Waals surface area (Å²) < 4.78 is 15.3. The lowest BCUT2D eigenvalue weighted by molar-refractivity contribution is 0.144. The van der Waals surface area contributed by atoms with E-state index in [0.29, 0.717) is 6.10 Å². The second kappa shape index (κ2) is 5.72. The van der Waals surface area contributed by atoms with Gasteiger partial charge in [0.15, 0.2) is 0 Å². The maximum Gasteiger partial charge on any atom is 0.320 e. The first-order chi connectivity index (χ1) is 6.26. The Morgan fingerprint density at radius 2 is 2.15 bits per heavy atom. The molecule has 0 aromatic rings. The molecular formula is C8H18O4Si. The molecule has 0 amide bonds. The fraction of sp³-hybridized carbons (Fsp3) is 1.00. The molecule has 1 fully saturated rings. The molecule has 0 saturated carbocycles. The third-order valence-corrected chi connectivity index (χ3v) is 4.06. The van der Waals surface area contributed by atoms with Crippen LogP contribution in [0.15, 0.2) is 0 Å². The Morgan fingerprint density at radius 1 is 1.54 bits per heavy atom. The molecule has 0 bridgehead atoms. The van der Waals surface area contributed by atoms with Crippen LogP contribution in [0.4, 0.5) is 0 Å². The second-order valence-electron chi connectivity index (χ2n) is 3.32. The molecule has 0 aromatic carbocycles. The van der Waals surface area contributed by atoms with Crippen LogP contribution in [0.1, 0.15) is 12.8 Å². The van der Waals surface area contributed by atoms with E-state index in [0.717, 1.165) is 25.5 Å². The molecule has 1 aliphatic heterocycles. The molecule has 2 unspecified atom stereocenters. The summed E-state index contributed by atoms with van der Waals surface area (Å²) in [6.45, 7) is 0.812. The molecule has 0 aromatic heterocycles. The molecule has 5 heteroatoms. The minimum Gasteiger partial charge on any atom is -0.400 e. The highest BCUT2D eigenvalue weighted by atomic mass is 28.3. The van der Waals surface area contributed by atoms with Gasteiger partial charge in [-0.3, -0.25) is 0 Å². The number of aliphatic hydroxyl groups is 1.